The minimum atomic E-state index is -4.63. The second kappa shape index (κ2) is 11.9. The predicted octanol–water partition coefficient (Wildman–Crippen LogP) is 4.52. The number of hydrogen-bond acceptors (Lipinski definition) is 8. The molecular weight excluding hydrogens is 572 g/mol. The van der Waals surface area contributed by atoms with Crippen LogP contribution in [0.2, 0.25) is 0 Å². The lowest BCUT2D eigenvalue weighted by atomic mass is 10.0. The molecule has 0 spiro atoms. The molecule has 2 aliphatic heterocycles. The molecule has 0 amide bonds. The Labute approximate surface area is 244 Å². The molecule has 0 bridgehead atoms. The number of nitrogens with zero attached hydrogens (tertiary/aromatic N) is 6. The molecule has 0 saturated carbocycles. The lowest BCUT2D eigenvalue weighted by molar-refractivity contribution is -0.340. The monoisotopic (exact) mass is 604 g/mol. The normalized spacial score (nSPS) is 19.5. The van der Waals surface area contributed by atoms with Gasteiger partial charge in [0, 0.05) is 74.7 Å². The first-order valence-electron chi connectivity index (χ1n) is 14.3. The van der Waals surface area contributed by atoms with Crippen molar-refractivity contribution in [2.45, 2.75) is 50.8 Å². The molecule has 2 fully saturated rings. The van der Waals surface area contributed by atoms with Crippen molar-refractivity contribution in [2.75, 3.05) is 39.5 Å². The van der Waals surface area contributed by atoms with Gasteiger partial charge in [0.2, 0.25) is 0 Å². The van der Waals surface area contributed by atoms with Crippen LogP contribution in [0.25, 0.3) is 33.2 Å². The molecule has 1 aromatic carbocycles. The van der Waals surface area contributed by atoms with E-state index in [1.165, 1.54) is 10.6 Å². The number of aryl methyl sites for hydroxylation is 1. The number of pyridine rings is 1. The van der Waals surface area contributed by atoms with Crippen molar-refractivity contribution in [2.24, 2.45) is 7.05 Å². The Hall–Kier alpha value is -3.46. The number of imidazole rings is 1. The number of benzene rings is 1. The zero-order valence-electron chi connectivity index (χ0n) is 23.8. The highest BCUT2D eigenvalue weighted by Gasteiger charge is 2.36. The summed E-state index contributed by atoms with van der Waals surface area (Å²) in [4.78, 5) is 19.6. The van der Waals surface area contributed by atoms with Crippen molar-refractivity contribution in [3.63, 3.8) is 0 Å². The van der Waals surface area contributed by atoms with Gasteiger partial charge in [-0.2, -0.15) is 0 Å². The quantitative estimate of drug-likeness (QED) is 0.271. The van der Waals surface area contributed by atoms with E-state index in [9.17, 15) is 18.0 Å². The minimum absolute atomic E-state index is 0.0617. The summed E-state index contributed by atoms with van der Waals surface area (Å²) in [5, 5.41) is 9.06. The molecule has 2 saturated heterocycles. The third-order valence-corrected chi connectivity index (χ3v) is 8.23. The van der Waals surface area contributed by atoms with Crippen molar-refractivity contribution >= 4 is 22.1 Å². The van der Waals surface area contributed by atoms with Crippen LogP contribution in [0.3, 0.4) is 0 Å². The Morgan fingerprint density at radius 3 is 2.65 bits per heavy atom. The molecule has 6 rings (SSSR count). The van der Waals surface area contributed by atoms with E-state index in [4.69, 9.17) is 9.47 Å². The van der Waals surface area contributed by atoms with E-state index in [0.717, 1.165) is 0 Å². The highest BCUT2D eigenvalue weighted by atomic mass is 19.4. The van der Waals surface area contributed by atoms with Crippen LogP contribution in [-0.2, 0) is 21.3 Å². The molecule has 4 aromatic rings. The molecule has 230 valence electrons. The van der Waals surface area contributed by atoms with Crippen LogP contribution in [0.5, 0.6) is 0 Å². The van der Waals surface area contributed by atoms with Gasteiger partial charge in [-0.1, -0.05) is 6.07 Å². The molecule has 14 heteroatoms. The summed E-state index contributed by atoms with van der Waals surface area (Å²) in [6, 6.07) is 6.47. The molecule has 2 aliphatic rings. The van der Waals surface area contributed by atoms with Crippen LogP contribution < -0.4 is 5.69 Å². The smallest absolute Gasteiger partial charge is 0.381 e. The van der Waals surface area contributed by atoms with Gasteiger partial charge in [0.1, 0.15) is 11.3 Å². The fraction of sp³-hybridized carbons (Fsp3) is 0.517. The van der Waals surface area contributed by atoms with Gasteiger partial charge in [0.05, 0.1) is 30.0 Å². The first kappa shape index (κ1) is 29.6. The zero-order chi connectivity index (χ0) is 30.3. The van der Waals surface area contributed by atoms with Crippen LogP contribution in [-0.4, -0.2) is 81.1 Å². The second-order valence-corrected chi connectivity index (χ2v) is 11.0. The largest absolute Gasteiger partial charge is 0.522 e. The average Bonchev–Trinajstić information content (AvgIpc) is 3.52. The van der Waals surface area contributed by atoms with Crippen molar-refractivity contribution in [3.8, 4) is 11.1 Å². The maximum Gasteiger partial charge on any atom is 0.522 e. The highest BCUT2D eigenvalue weighted by molar-refractivity contribution is 6.02. The summed E-state index contributed by atoms with van der Waals surface area (Å²) >= 11 is 0. The van der Waals surface area contributed by atoms with Crippen molar-refractivity contribution in [1.29, 1.82) is 0 Å². The van der Waals surface area contributed by atoms with E-state index in [1.54, 1.807) is 36.0 Å². The molecule has 5 heterocycles. The molecular formula is C29H32F4N6O4. The van der Waals surface area contributed by atoms with Crippen LogP contribution in [0, 0.1) is 5.82 Å². The molecule has 0 unspecified atom stereocenters. The Morgan fingerprint density at radius 1 is 1.14 bits per heavy atom. The molecule has 3 aromatic heterocycles. The van der Waals surface area contributed by atoms with E-state index in [0.29, 0.717) is 91.1 Å². The van der Waals surface area contributed by atoms with Gasteiger partial charge in [-0.25, -0.2) is 9.18 Å². The van der Waals surface area contributed by atoms with Gasteiger partial charge in [-0.3, -0.25) is 23.8 Å². The fourth-order valence-electron chi connectivity index (χ4n) is 5.95. The third-order valence-electron chi connectivity index (χ3n) is 8.23. The van der Waals surface area contributed by atoms with Crippen LogP contribution >= 0.6 is 0 Å². The van der Waals surface area contributed by atoms with Crippen molar-refractivity contribution in [3.05, 3.63) is 52.5 Å². The van der Waals surface area contributed by atoms with E-state index in [-0.39, 0.29) is 24.4 Å². The van der Waals surface area contributed by atoms with E-state index >= 15 is 4.39 Å². The summed E-state index contributed by atoms with van der Waals surface area (Å²) in [5.41, 5.74) is 2.69. The Balaban J connectivity index is 1.19. The topological polar surface area (TPSA) is 96.5 Å². The molecule has 2 atom stereocenters. The van der Waals surface area contributed by atoms with Gasteiger partial charge in [0.15, 0.2) is 5.65 Å². The van der Waals surface area contributed by atoms with Crippen molar-refractivity contribution < 1.29 is 31.8 Å². The van der Waals surface area contributed by atoms with Gasteiger partial charge < -0.3 is 9.47 Å². The molecule has 0 N–H and O–H groups in total. The lowest BCUT2D eigenvalue weighted by Crippen LogP contribution is -2.30. The van der Waals surface area contributed by atoms with E-state index < -0.39 is 18.3 Å². The Morgan fingerprint density at radius 2 is 1.93 bits per heavy atom. The van der Waals surface area contributed by atoms with E-state index in [1.807, 2.05) is 11.8 Å². The maximum absolute atomic E-state index is 15.4. The summed E-state index contributed by atoms with van der Waals surface area (Å²) in [6.07, 6.45) is -2.61. The first-order valence-corrected chi connectivity index (χ1v) is 14.3. The lowest BCUT2D eigenvalue weighted by Gasteiger charge is -2.23. The third kappa shape index (κ3) is 6.14. The number of likely N-dealkylation sites (tertiary alicyclic amines) is 1. The van der Waals surface area contributed by atoms with Gasteiger partial charge >= 0.3 is 12.1 Å². The Kier molecular flexibility index (Phi) is 8.20. The standard InChI is InChI=1S/C29H32F4N6O4/c1-17(42-12-9-38-8-5-20(16-38)43-29(31,32)33)24-4-3-18(15-34-24)21-13-22-25(14-23(21)30)35-36-27-26(22)39(28(40)37(27)2)19-6-10-41-11-7-19/h3-4,13-15,17,19-20H,5-12,16H2,1-2H3/t17-,20-/m1/s1. The number of alkyl halides is 3. The number of halogens is 4. The molecule has 0 radical (unpaired) electrons. The van der Waals surface area contributed by atoms with Gasteiger partial charge in [0.25, 0.3) is 0 Å². The number of fused-ring (bicyclic) bond motifs is 3. The summed E-state index contributed by atoms with van der Waals surface area (Å²) in [7, 11) is 1.65. The number of hydrogen-bond donors (Lipinski definition) is 0. The Bertz CT molecular complexity index is 1670. The van der Waals surface area contributed by atoms with Gasteiger partial charge in [-0.05, 0) is 38.3 Å². The average molecular weight is 605 g/mol. The molecule has 43 heavy (non-hydrogen) atoms. The summed E-state index contributed by atoms with van der Waals surface area (Å²) in [6.45, 7) is 4.43. The SMILES string of the molecule is C[C@@H](OCCN1CC[C@@H](OC(F)(F)F)C1)c1ccc(-c2cc3c(cc2F)nnc2c3n(C3CCOCC3)c(=O)n2C)cn1. The van der Waals surface area contributed by atoms with Crippen molar-refractivity contribution in [1.82, 2.24) is 29.2 Å². The first-order chi connectivity index (χ1) is 20.6. The second-order valence-electron chi connectivity index (χ2n) is 11.0. The van der Waals surface area contributed by atoms with Crippen LogP contribution in [0.1, 0.15) is 44.0 Å². The van der Waals surface area contributed by atoms with Gasteiger partial charge in [-0.15, -0.1) is 23.4 Å². The zero-order valence-corrected chi connectivity index (χ0v) is 23.8. The maximum atomic E-state index is 15.4. The van der Waals surface area contributed by atoms with Crippen LogP contribution in [0.15, 0.2) is 35.3 Å². The number of rotatable bonds is 8. The number of ether oxygens (including phenoxy) is 3. The molecule has 10 nitrogen and oxygen atoms in total. The summed E-state index contributed by atoms with van der Waals surface area (Å²) in [5.74, 6) is -0.491. The fourth-order valence-corrected chi connectivity index (χ4v) is 5.95. The highest BCUT2D eigenvalue weighted by Crippen LogP contribution is 2.33. The number of aromatic nitrogens is 5. The molecule has 0 aliphatic carbocycles. The van der Waals surface area contributed by atoms with E-state index in [2.05, 4.69) is 19.9 Å². The van der Waals surface area contributed by atoms with Crippen LogP contribution in [0.4, 0.5) is 17.6 Å². The summed E-state index contributed by atoms with van der Waals surface area (Å²) < 4.78 is 71.4. The predicted molar refractivity (Wildman–Crippen MR) is 149 cm³/mol. The minimum Gasteiger partial charge on any atom is -0.381 e.